The Morgan fingerprint density at radius 2 is 1.76 bits per heavy atom. The number of nitrogens with one attached hydrogen (secondary N) is 2. The molecule has 0 heterocycles. The lowest BCUT2D eigenvalue weighted by Gasteiger charge is -2.09. The Bertz CT molecular complexity index is 216. The third-order valence-electron chi connectivity index (χ3n) is 1.85. The number of ether oxygens (including phenoxy) is 1. The normalized spacial score (nSPS) is 10.7. The number of carbonyl (C=O) groups excluding carboxylic acids is 2. The minimum Gasteiger partial charge on any atom is -0.370 e. The van der Waals surface area contributed by atoms with Gasteiger partial charge in [0.2, 0.25) is 11.8 Å². The topological polar surface area (TPSA) is 67.4 Å². The van der Waals surface area contributed by atoms with Gasteiger partial charge >= 0.3 is 0 Å². The van der Waals surface area contributed by atoms with E-state index >= 15 is 0 Å². The Morgan fingerprint density at radius 1 is 1.12 bits per heavy atom. The lowest BCUT2D eigenvalue weighted by molar-refractivity contribution is -0.126. The van der Waals surface area contributed by atoms with Crippen LogP contribution in [0.4, 0.5) is 0 Å². The van der Waals surface area contributed by atoms with Crippen LogP contribution < -0.4 is 10.6 Å². The van der Waals surface area contributed by atoms with E-state index in [1.807, 2.05) is 27.7 Å². The SMILES string of the molecule is CC(C)CC(=O)NCCOCC(=O)NC(C)C. The highest BCUT2D eigenvalue weighted by Crippen LogP contribution is 1.97. The highest BCUT2D eigenvalue weighted by Gasteiger charge is 2.05. The van der Waals surface area contributed by atoms with Crippen molar-refractivity contribution < 1.29 is 14.3 Å². The molecular weight excluding hydrogens is 220 g/mol. The van der Waals surface area contributed by atoms with Crippen molar-refractivity contribution in [2.75, 3.05) is 19.8 Å². The first-order chi connectivity index (χ1) is 7.91. The first-order valence-electron chi connectivity index (χ1n) is 6.05. The van der Waals surface area contributed by atoms with Crippen molar-refractivity contribution in [3.63, 3.8) is 0 Å². The molecule has 0 rings (SSSR count). The summed E-state index contributed by atoms with van der Waals surface area (Å²) >= 11 is 0. The second kappa shape index (κ2) is 8.98. The molecule has 5 heteroatoms. The molecule has 0 unspecified atom stereocenters. The van der Waals surface area contributed by atoms with Crippen LogP contribution in [0.15, 0.2) is 0 Å². The molecule has 17 heavy (non-hydrogen) atoms. The minimum atomic E-state index is -0.131. The molecule has 2 amide bonds. The summed E-state index contributed by atoms with van der Waals surface area (Å²) in [6, 6.07) is 0.122. The lowest BCUT2D eigenvalue weighted by Crippen LogP contribution is -2.34. The van der Waals surface area contributed by atoms with Crippen LogP contribution in [0.3, 0.4) is 0 Å². The number of amides is 2. The monoisotopic (exact) mass is 244 g/mol. The summed E-state index contributed by atoms with van der Waals surface area (Å²) in [5, 5.41) is 5.45. The molecule has 0 atom stereocenters. The van der Waals surface area contributed by atoms with Gasteiger partial charge in [-0.1, -0.05) is 13.8 Å². The van der Waals surface area contributed by atoms with Gasteiger partial charge in [-0.2, -0.15) is 0 Å². The zero-order valence-electron chi connectivity index (χ0n) is 11.2. The number of rotatable bonds is 8. The van der Waals surface area contributed by atoms with Gasteiger partial charge in [0, 0.05) is 19.0 Å². The van der Waals surface area contributed by atoms with Gasteiger partial charge in [0.1, 0.15) is 6.61 Å². The van der Waals surface area contributed by atoms with E-state index in [0.29, 0.717) is 25.5 Å². The summed E-state index contributed by atoms with van der Waals surface area (Å²) in [6.07, 6.45) is 0.522. The van der Waals surface area contributed by atoms with Gasteiger partial charge < -0.3 is 15.4 Å². The van der Waals surface area contributed by atoms with E-state index in [1.54, 1.807) is 0 Å². The van der Waals surface area contributed by atoms with Gasteiger partial charge in [-0.15, -0.1) is 0 Å². The summed E-state index contributed by atoms with van der Waals surface area (Å²) in [7, 11) is 0. The van der Waals surface area contributed by atoms with Crippen molar-refractivity contribution >= 4 is 11.8 Å². The molecule has 0 radical (unpaired) electrons. The third kappa shape index (κ3) is 11.2. The Kier molecular flexibility index (Phi) is 8.40. The van der Waals surface area contributed by atoms with E-state index in [-0.39, 0.29) is 24.5 Å². The van der Waals surface area contributed by atoms with Crippen molar-refractivity contribution in [1.82, 2.24) is 10.6 Å². The van der Waals surface area contributed by atoms with Crippen LogP contribution in [-0.4, -0.2) is 37.6 Å². The van der Waals surface area contributed by atoms with E-state index in [9.17, 15) is 9.59 Å². The Labute approximate surface area is 103 Å². The van der Waals surface area contributed by atoms with Crippen molar-refractivity contribution in [2.45, 2.75) is 40.2 Å². The smallest absolute Gasteiger partial charge is 0.246 e. The molecule has 2 N–H and O–H groups in total. The summed E-state index contributed by atoms with van der Waals surface area (Å²) < 4.78 is 5.12. The van der Waals surface area contributed by atoms with Gasteiger partial charge in [0.25, 0.3) is 0 Å². The highest BCUT2D eigenvalue weighted by molar-refractivity contribution is 5.77. The van der Waals surface area contributed by atoms with Crippen LogP contribution in [0.2, 0.25) is 0 Å². The summed E-state index contributed by atoms with van der Waals surface area (Å²) in [5.74, 6) is 0.247. The summed E-state index contributed by atoms with van der Waals surface area (Å²) in [5.41, 5.74) is 0. The molecule has 0 fully saturated rings. The second-order valence-corrected chi connectivity index (χ2v) is 4.72. The first-order valence-corrected chi connectivity index (χ1v) is 6.05. The molecule has 0 saturated carbocycles. The standard InChI is InChI=1S/C12H24N2O3/c1-9(2)7-11(15)13-5-6-17-8-12(16)14-10(3)4/h9-10H,5-8H2,1-4H3,(H,13,15)(H,14,16). The van der Waals surface area contributed by atoms with E-state index < -0.39 is 0 Å². The van der Waals surface area contributed by atoms with Gasteiger partial charge in [0.05, 0.1) is 6.61 Å². The maximum absolute atomic E-state index is 11.3. The summed E-state index contributed by atoms with van der Waals surface area (Å²) in [6.45, 7) is 8.61. The third-order valence-corrected chi connectivity index (χ3v) is 1.85. The Morgan fingerprint density at radius 3 is 2.29 bits per heavy atom. The zero-order chi connectivity index (χ0) is 13.3. The van der Waals surface area contributed by atoms with E-state index in [1.165, 1.54) is 0 Å². The van der Waals surface area contributed by atoms with E-state index in [2.05, 4.69) is 10.6 Å². The number of carbonyl (C=O) groups is 2. The maximum Gasteiger partial charge on any atom is 0.246 e. The average Bonchev–Trinajstić information content (AvgIpc) is 2.14. The fourth-order valence-electron chi connectivity index (χ4n) is 1.23. The molecular formula is C12H24N2O3. The lowest BCUT2D eigenvalue weighted by atomic mass is 10.1. The molecule has 100 valence electrons. The number of hydrogen-bond donors (Lipinski definition) is 2. The fourth-order valence-corrected chi connectivity index (χ4v) is 1.23. The number of hydrogen-bond acceptors (Lipinski definition) is 3. The van der Waals surface area contributed by atoms with Crippen LogP contribution >= 0.6 is 0 Å². The van der Waals surface area contributed by atoms with Crippen LogP contribution in [-0.2, 0) is 14.3 Å². The van der Waals surface area contributed by atoms with Crippen LogP contribution in [0.25, 0.3) is 0 Å². The first kappa shape index (κ1) is 15.9. The van der Waals surface area contributed by atoms with Gasteiger partial charge in [-0.05, 0) is 19.8 Å². The van der Waals surface area contributed by atoms with Gasteiger partial charge in [0.15, 0.2) is 0 Å². The molecule has 0 aliphatic heterocycles. The largest absolute Gasteiger partial charge is 0.370 e. The van der Waals surface area contributed by atoms with Crippen LogP contribution in [0.1, 0.15) is 34.1 Å². The molecule has 0 aromatic heterocycles. The van der Waals surface area contributed by atoms with Crippen molar-refractivity contribution in [1.29, 1.82) is 0 Å². The van der Waals surface area contributed by atoms with Crippen LogP contribution in [0.5, 0.6) is 0 Å². The van der Waals surface area contributed by atoms with Crippen molar-refractivity contribution in [3.05, 3.63) is 0 Å². The Balaban J connectivity index is 3.40. The molecule has 5 nitrogen and oxygen atoms in total. The molecule has 0 aromatic rings. The predicted molar refractivity (Wildman–Crippen MR) is 66.6 cm³/mol. The maximum atomic E-state index is 11.3. The Hall–Kier alpha value is -1.10. The second-order valence-electron chi connectivity index (χ2n) is 4.72. The minimum absolute atomic E-state index is 0.0234. The average molecular weight is 244 g/mol. The molecule has 0 spiro atoms. The highest BCUT2D eigenvalue weighted by atomic mass is 16.5. The van der Waals surface area contributed by atoms with Gasteiger partial charge in [-0.25, -0.2) is 0 Å². The van der Waals surface area contributed by atoms with Crippen LogP contribution in [0, 0.1) is 5.92 Å². The predicted octanol–water partition coefficient (Wildman–Crippen LogP) is 0.690. The molecule has 0 aromatic carbocycles. The molecule has 0 aliphatic rings. The van der Waals surface area contributed by atoms with E-state index in [4.69, 9.17) is 4.74 Å². The molecule has 0 saturated heterocycles. The van der Waals surface area contributed by atoms with Crippen molar-refractivity contribution in [2.24, 2.45) is 5.92 Å². The molecule has 0 aliphatic carbocycles. The van der Waals surface area contributed by atoms with Gasteiger partial charge in [-0.3, -0.25) is 9.59 Å². The fraction of sp³-hybridized carbons (Fsp3) is 0.833. The quantitative estimate of drug-likeness (QED) is 0.617. The van der Waals surface area contributed by atoms with Crippen molar-refractivity contribution in [3.8, 4) is 0 Å². The zero-order valence-corrected chi connectivity index (χ0v) is 11.2. The van der Waals surface area contributed by atoms with E-state index in [0.717, 1.165) is 0 Å². The summed E-state index contributed by atoms with van der Waals surface area (Å²) in [4.78, 5) is 22.4. The molecule has 0 bridgehead atoms.